The van der Waals surface area contributed by atoms with Gasteiger partial charge in [-0.25, -0.2) is 9.78 Å². The zero-order valence-electron chi connectivity index (χ0n) is 12.4. The summed E-state index contributed by atoms with van der Waals surface area (Å²) in [5.41, 5.74) is 1.21. The largest absolute Gasteiger partial charge is 0.388 e. The summed E-state index contributed by atoms with van der Waals surface area (Å²) >= 11 is 0. The van der Waals surface area contributed by atoms with Gasteiger partial charge in [-0.1, -0.05) is 12.8 Å². The van der Waals surface area contributed by atoms with Crippen LogP contribution in [0.15, 0.2) is 12.1 Å². The van der Waals surface area contributed by atoms with Gasteiger partial charge in [0.25, 0.3) is 0 Å². The molecule has 0 spiro atoms. The van der Waals surface area contributed by atoms with Crippen molar-refractivity contribution in [2.75, 3.05) is 18.9 Å². The van der Waals surface area contributed by atoms with E-state index in [2.05, 4.69) is 10.3 Å². The Balaban J connectivity index is 1.96. The molecule has 0 bridgehead atoms. The highest BCUT2D eigenvalue weighted by atomic mass is 16.3. The van der Waals surface area contributed by atoms with Crippen LogP contribution >= 0.6 is 0 Å². The SMILES string of the molecule is Cc1cc(C)nc(NC(=O)N(C)CC2(O)CCCC2)c1. The van der Waals surface area contributed by atoms with Crippen LogP contribution < -0.4 is 5.32 Å². The van der Waals surface area contributed by atoms with Gasteiger partial charge >= 0.3 is 6.03 Å². The topological polar surface area (TPSA) is 65.5 Å². The van der Waals surface area contributed by atoms with Crippen LogP contribution in [0.5, 0.6) is 0 Å². The lowest BCUT2D eigenvalue weighted by atomic mass is 10.0. The van der Waals surface area contributed by atoms with Gasteiger partial charge in [0.05, 0.1) is 12.1 Å². The average Bonchev–Trinajstić information content (AvgIpc) is 2.74. The second-order valence-corrected chi connectivity index (χ2v) is 5.89. The van der Waals surface area contributed by atoms with Crippen LogP contribution in [-0.4, -0.2) is 40.2 Å². The zero-order chi connectivity index (χ0) is 14.8. The van der Waals surface area contributed by atoms with Gasteiger partial charge in [-0.2, -0.15) is 0 Å². The summed E-state index contributed by atoms with van der Waals surface area (Å²) in [6, 6.07) is 3.56. The van der Waals surface area contributed by atoms with Gasteiger partial charge in [0.2, 0.25) is 0 Å². The fourth-order valence-corrected chi connectivity index (χ4v) is 2.81. The lowest BCUT2D eigenvalue weighted by Gasteiger charge is -2.28. The number of aryl methyl sites for hydroxylation is 2. The van der Waals surface area contributed by atoms with Gasteiger partial charge in [-0.3, -0.25) is 5.32 Å². The molecule has 1 saturated carbocycles. The molecule has 1 aliphatic rings. The Morgan fingerprint density at radius 3 is 2.65 bits per heavy atom. The number of carbonyl (C=O) groups excluding carboxylic acids is 1. The molecule has 0 radical (unpaired) electrons. The molecule has 0 aromatic carbocycles. The van der Waals surface area contributed by atoms with E-state index in [0.717, 1.165) is 36.9 Å². The number of amides is 2. The second-order valence-electron chi connectivity index (χ2n) is 5.89. The lowest BCUT2D eigenvalue weighted by molar-refractivity contribution is 0.0261. The van der Waals surface area contributed by atoms with Gasteiger partial charge in [-0.05, 0) is 44.4 Å². The van der Waals surface area contributed by atoms with Crippen molar-refractivity contribution in [1.82, 2.24) is 9.88 Å². The van der Waals surface area contributed by atoms with Crippen LogP contribution in [0.2, 0.25) is 0 Å². The first-order valence-corrected chi connectivity index (χ1v) is 7.08. The number of carbonyl (C=O) groups is 1. The third-order valence-corrected chi connectivity index (χ3v) is 3.75. The number of likely N-dealkylation sites (N-methyl/N-ethyl adjacent to an activating group) is 1. The molecule has 5 nitrogen and oxygen atoms in total. The Bertz CT molecular complexity index is 476. The van der Waals surface area contributed by atoms with Crippen molar-refractivity contribution in [3.05, 3.63) is 23.4 Å². The third kappa shape index (κ3) is 3.70. The van der Waals surface area contributed by atoms with Crippen molar-refractivity contribution in [3.8, 4) is 0 Å². The van der Waals surface area contributed by atoms with Crippen molar-refractivity contribution in [3.63, 3.8) is 0 Å². The van der Waals surface area contributed by atoms with Crippen molar-refractivity contribution in [1.29, 1.82) is 0 Å². The number of aliphatic hydroxyl groups is 1. The van der Waals surface area contributed by atoms with Crippen molar-refractivity contribution >= 4 is 11.8 Å². The van der Waals surface area contributed by atoms with E-state index in [4.69, 9.17) is 0 Å². The van der Waals surface area contributed by atoms with E-state index in [-0.39, 0.29) is 6.03 Å². The number of pyridine rings is 1. The highest BCUT2D eigenvalue weighted by Crippen LogP contribution is 2.30. The van der Waals surface area contributed by atoms with E-state index in [1.54, 1.807) is 7.05 Å². The Morgan fingerprint density at radius 1 is 1.40 bits per heavy atom. The fraction of sp³-hybridized carbons (Fsp3) is 0.600. The summed E-state index contributed by atoms with van der Waals surface area (Å²) in [6.45, 7) is 4.23. The molecule has 1 aromatic heterocycles. The summed E-state index contributed by atoms with van der Waals surface area (Å²) in [4.78, 5) is 17.9. The molecule has 0 saturated heterocycles. The minimum absolute atomic E-state index is 0.233. The van der Waals surface area contributed by atoms with Crippen LogP contribution in [0, 0.1) is 13.8 Å². The first kappa shape index (κ1) is 14.8. The van der Waals surface area contributed by atoms with Crippen LogP contribution in [0.1, 0.15) is 36.9 Å². The predicted octanol–water partition coefficient (Wildman–Crippen LogP) is 2.47. The maximum atomic E-state index is 12.1. The van der Waals surface area contributed by atoms with E-state index < -0.39 is 5.60 Å². The zero-order valence-corrected chi connectivity index (χ0v) is 12.4. The molecule has 0 unspecified atom stereocenters. The van der Waals surface area contributed by atoms with Crippen LogP contribution in [0.4, 0.5) is 10.6 Å². The summed E-state index contributed by atoms with van der Waals surface area (Å²) in [7, 11) is 1.70. The van der Waals surface area contributed by atoms with Crippen molar-refractivity contribution in [2.45, 2.75) is 45.1 Å². The number of urea groups is 1. The van der Waals surface area contributed by atoms with Gasteiger partial charge in [0.15, 0.2) is 0 Å². The molecule has 0 aliphatic heterocycles. The van der Waals surface area contributed by atoms with Crippen LogP contribution in [0.25, 0.3) is 0 Å². The van der Waals surface area contributed by atoms with E-state index in [1.807, 2.05) is 26.0 Å². The number of nitrogens with zero attached hydrogens (tertiary/aromatic N) is 2. The number of aromatic nitrogens is 1. The summed E-state index contributed by atoms with van der Waals surface area (Å²) in [5.74, 6) is 0.553. The monoisotopic (exact) mass is 277 g/mol. The van der Waals surface area contributed by atoms with E-state index >= 15 is 0 Å². The smallest absolute Gasteiger partial charge is 0.322 e. The minimum atomic E-state index is -0.720. The highest BCUT2D eigenvalue weighted by Gasteiger charge is 2.33. The molecule has 1 fully saturated rings. The highest BCUT2D eigenvalue weighted by molar-refractivity contribution is 5.88. The van der Waals surface area contributed by atoms with Gasteiger partial charge in [-0.15, -0.1) is 0 Å². The molecule has 0 atom stereocenters. The van der Waals surface area contributed by atoms with Crippen molar-refractivity contribution < 1.29 is 9.90 Å². The molecule has 110 valence electrons. The number of nitrogens with one attached hydrogen (secondary N) is 1. The van der Waals surface area contributed by atoms with Gasteiger partial charge in [0.1, 0.15) is 5.82 Å². The fourth-order valence-electron chi connectivity index (χ4n) is 2.81. The van der Waals surface area contributed by atoms with Crippen LogP contribution in [-0.2, 0) is 0 Å². The van der Waals surface area contributed by atoms with E-state index in [9.17, 15) is 9.90 Å². The first-order chi connectivity index (χ1) is 9.38. The predicted molar refractivity (Wildman–Crippen MR) is 78.8 cm³/mol. The molecule has 2 N–H and O–H groups in total. The van der Waals surface area contributed by atoms with Gasteiger partial charge < -0.3 is 10.0 Å². The molecule has 20 heavy (non-hydrogen) atoms. The normalized spacial score (nSPS) is 17.0. The van der Waals surface area contributed by atoms with E-state index in [0.29, 0.717) is 12.4 Å². The number of hydrogen-bond donors (Lipinski definition) is 2. The van der Waals surface area contributed by atoms with Crippen LogP contribution in [0.3, 0.4) is 0 Å². The molecular formula is C15H23N3O2. The standard InChI is InChI=1S/C15H23N3O2/c1-11-8-12(2)16-13(9-11)17-14(19)18(3)10-15(20)6-4-5-7-15/h8-9,20H,4-7,10H2,1-3H3,(H,16,17,19). The molecule has 1 aliphatic carbocycles. The molecule has 2 amide bonds. The van der Waals surface area contributed by atoms with Crippen molar-refractivity contribution in [2.24, 2.45) is 0 Å². The summed E-state index contributed by atoms with van der Waals surface area (Å²) in [5, 5.41) is 13.1. The average molecular weight is 277 g/mol. The molecule has 1 heterocycles. The number of anilines is 1. The number of rotatable bonds is 3. The van der Waals surface area contributed by atoms with Gasteiger partial charge in [0, 0.05) is 12.7 Å². The summed E-state index contributed by atoms with van der Waals surface area (Å²) in [6.07, 6.45) is 3.61. The Labute approximate surface area is 120 Å². The minimum Gasteiger partial charge on any atom is -0.388 e. The quantitative estimate of drug-likeness (QED) is 0.892. The Hall–Kier alpha value is -1.62. The molecule has 2 rings (SSSR count). The maximum absolute atomic E-state index is 12.1. The second kappa shape index (κ2) is 5.79. The number of hydrogen-bond acceptors (Lipinski definition) is 3. The summed E-state index contributed by atoms with van der Waals surface area (Å²) < 4.78 is 0. The van der Waals surface area contributed by atoms with E-state index in [1.165, 1.54) is 4.90 Å². The first-order valence-electron chi connectivity index (χ1n) is 7.08. The maximum Gasteiger partial charge on any atom is 0.322 e. The molecule has 5 heteroatoms. The Morgan fingerprint density at radius 2 is 2.05 bits per heavy atom. The molecule has 1 aromatic rings. The molecular weight excluding hydrogens is 254 g/mol. The Kier molecular flexibility index (Phi) is 4.28. The lowest BCUT2D eigenvalue weighted by Crippen LogP contribution is -2.43. The third-order valence-electron chi connectivity index (χ3n) is 3.75.